The third-order valence-corrected chi connectivity index (χ3v) is 4.09. The van der Waals surface area contributed by atoms with Crippen molar-refractivity contribution in [2.75, 3.05) is 18.5 Å². The molecule has 2 nitrogen and oxygen atoms in total. The molecule has 1 saturated carbocycles. The Morgan fingerprint density at radius 3 is 2.75 bits per heavy atom. The Morgan fingerprint density at radius 1 is 1.50 bits per heavy atom. The van der Waals surface area contributed by atoms with E-state index >= 15 is 0 Å². The summed E-state index contributed by atoms with van der Waals surface area (Å²) in [5.41, 5.74) is 0. The summed E-state index contributed by atoms with van der Waals surface area (Å²) in [4.78, 5) is 7.05. The van der Waals surface area contributed by atoms with E-state index in [0.717, 1.165) is 18.3 Å². The van der Waals surface area contributed by atoms with Gasteiger partial charge in [-0.3, -0.25) is 0 Å². The van der Waals surface area contributed by atoms with Crippen molar-refractivity contribution in [3.63, 3.8) is 0 Å². The summed E-state index contributed by atoms with van der Waals surface area (Å²) in [7, 11) is 2.02. The highest BCUT2D eigenvalue weighted by atomic mass is 79.9. The first-order valence-corrected chi connectivity index (χ1v) is 6.89. The second-order valence-corrected chi connectivity index (χ2v) is 6.41. The first-order valence-electron chi connectivity index (χ1n) is 5.22. The van der Waals surface area contributed by atoms with Gasteiger partial charge in [0.2, 0.25) is 0 Å². The van der Waals surface area contributed by atoms with Gasteiger partial charge in [0, 0.05) is 24.6 Å². The van der Waals surface area contributed by atoms with E-state index in [0.29, 0.717) is 14.9 Å². The average Bonchev–Trinajstić information content (AvgIpc) is 2.15. The molecule has 0 atom stereocenters. The SMILES string of the molecule is CN(CC1CC(Br)C1)c1ncc(Cl)cc1Cl. The molecular formula is C11H13BrCl2N2. The Labute approximate surface area is 114 Å². The monoisotopic (exact) mass is 322 g/mol. The van der Waals surface area contributed by atoms with Gasteiger partial charge in [0.15, 0.2) is 0 Å². The molecule has 88 valence electrons. The molecule has 0 saturated heterocycles. The van der Waals surface area contributed by atoms with Gasteiger partial charge in [0.25, 0.3) is 0 Å². The molecule has 0 aliphatic heterocycles. The smallest absolute Gasteiger partial charge is 0.147 e. The van der Waals surface area contributed by atoms with Crippen molar-refractivity contribution in [1.82, 2.24) is 4.98 Å². The van der Waals surface area contributed by atoms with Crippen LogP contribution >= 0.6 is 39.1 Å². The van der Waals surface area contributed by atoms with E-state index in [4.69, 9.17) is 23.2 Å². The third kappa shape index (κ3) is 2.82. The molecule has 16 heavy (non-hydrogen) atoms. The highest BCUT2D eigenvalue weighted by Crippen LogP contribution is 2.35. The van der Waals surface area contributed by atoms with Crippen LogP contribution in [-0.4, -0.2) is 23.4 Å². The van der Waals surface area contributed by atoms with Crippen molar-refractivity contribution in [1.29, 1.82) is 0 Å². The molecule has 1 fully saturated rings. The molecule has 0 amide bonds. The molecule has 0 aromatic carbocycles. The quantitative estimate of drug-likeness (QED) is 0.782. The van der Waals surface area contributed by atoms with Crippen LogP contribution in [0.2, 0.25) is 10.0 Å². The van der Waals surface area contributed by atoms with Crippen LogP contribution in [-0.2, 0) is 0 Å². The first-order chi connectivity index (χ1) is 7.56. The molecule has 1 aliphatic rings. The minimum atomic E-state index is 0.575. The number of nitrogens with zero attached hydrogens (tertiary/aromatic N) is 2. The molecule has 1 heterocycles. The predicted octanol–water partition coefficient (Wildman–Crippen LogP) is 4.00. The Hall–Kier alpha value is 0.01000. The second-order valence-electron chi connectivity index (χ2n) is 4.27. The van der Waals surface area contributed by atoms with Crippen LogP contribution < -0.4 is 4.90 Å². The minimum Gasteiger partial charge on any atom is -0.358 e. The summed E-state index contributed by atoms with van der Waals surface area (Å²) in [6.07, 6.45) is 4.10. The normalized spacial score (nSPS) is 24.0. The lowest BCUT2D eigenvalue weighted by molar-refractivity contribution is 0.338. The van der Waals surface area contributed by atoms with Crippen molar-refractivity contribution in [2.24, 2.45) is 5.92 Å². The molecule has 0 bridgehead atoms. The summed E-state index contributed by atoms with van der Waals surface area (Å²) in [5, 5.41) is 1.19. The summed E-state index contributed by atoms with van der Waals surface area (Å²) in [6.45, 7) is 0.996. The van der Waals surface area contributed by atoms with E-state index in [1.54, 1.807) is 12.3 Å². The Bertz CT molecular complexity index is 380. The van der Waals surface area contributed by atoms with Gasteiger partial charge in [-0.05, 0) is 24.8 Å². The molecular weight excluding hydrogens is 311 g/mol. The lowest BCUT2D eigenvalue weighted by Gasteiger charge is -2.35. The van der Waals surface area contributed by atoms with Gasteiger partial charge in [-0.1, -0.05) is 39.1 Å². The molecule has 2 rings (SSSR count). The summed E-state index contributed by atoms with van der Waals surface area (Å²) >= 11 is 15.5. The maximum atomic E-state index is 6.10. The van der Waals surface area contributed by atoms with E-state index in [2.05, 4.69) is 25.8 Å². The molecule has 5 heteroatoms. The van der Waals surface area contributed by atoms with Gasteiger partial charge < -0.3 is 4.90 Å². The van der Waals surface area contributed by atoms with E-state index in [1.807, 2.05) is 7.05 Å². The molecule has 1 aromatic rings. The second kappa shape index (κ2) is 5.11. The van der Waals surface area contributed by atoms with Gasteiger partial charge in [-0.2, -0.15) is 0 Å². The van der Waals surface area contributed by atoms with E-state index in [1.165, 1.54) is 12.8 Å². The standard InChI is InChI=1S/C11H13BrCl2N2/c1-16(6-7-2-8(12)3-7)11-10(14)4-9(13)5-15-11/h4-5,7-8H,2-3,6H2,1H3. The van der Waals surface area contributed by atoms with Crippen molar-refractivity contribution in [3.05, 3.63) is 22.3 Å². The summed E-state index contributed by atoms with van der Waals surface area (Å²) in [5.74, 6) is 1.55. The lowest BCUT2D eigenvalue weighted by Crippen LogP contribution is -2.35. The number of aromatic nitrogens is 1. The molecule has 0 N–H and O–H groups in total. The number of alkyl halides is 1. The van der Waals surface area contributed by atoms with Crippen LogP contribution in [0.3, 0.4) is 0 Å². The number of hydrogen-bond donors (Lipinski definition) is 0. The lowest BCUT2D eigenvalue weighted by atomic mass is 9.85. The summed E-state index contributed by atoms with van der Waals surface area (Å²) < 4.78 is 0. The molecule has 0 spiro atoms. The minimum absolute atomic E-state index is 0.575. The fourth-order valence-electron chi connectivity index (χ4n) is 1.97. The topological polar surface area (TPSA) is 16.1 Å². The molecule has 1 aromatic heterocycles. The number of halogens is 3. The van der Waals surface area contributed by atoms with Crippen LogP contribution in [0, 0.1) is 5.92 Å². The zero-order valence-electron chi connectivity index (χ0n) is 8.96. The third-order valence-electron chi connectivity index (χ3n) is 2.86. The predicted molar refractivity (Wildman–Crippen MR) is 73.0 cm³/mol. The first kappa shape index (κ1) is 12.5. The Kier molecular flexibility index (Phi) is 3.98. The number of rotatable bonds is 3. The average molecular weight is 324 g/mol. The Balaban J connectivity index is 2.00. The molecule has 1 aliphatic carbocycles. The Morgan fingerprint density at radius 2 is 2.19 bits per heavy atom. The summed E-state index contributed by atoms with van der Waals surface area (Å²) in [6, 6.07) is 1.73. The van der Waals surface area contributed by atoms with Crippen LogP contribution in [0.1, 0.15) is 12.8 Å². The van der Waals surface area contributed by atoms with Crippen LogP contribution in [0.4, 0.5) is 5.82 Å². The van der Waals surface area contributed by atoms with E-state index in [9.17, 15) is 0 Å². The van der Waals surface area contributed by atoms with E-state index in [-0.39, 0.29) is 0 Å². The van der Waals surface area contributed by atoms with Gasteiger partial charge in [0.1, 0.15) is 5.82 Å². The molecule has 0 radical (unpaired) electrons. The number of hydrogen-bond acceptors (Lipinski definition) is 2. The highest BCUT2D eigenvalue weighted by molar-refractivity contribution is 9.09. The van der Waals surface area contributed by atoms with Crippen LogP contribution in [0.15, 0.2) is 12.3 Å². The van der Waals surface area contributed by atoms with Crippen LogP contribution in [0.25, 0.3) is 0 Å². The van der Waals surface area contributed by atoms with E-state index < -0.39 is 0 Å². The zero-order valence-corrected chi connectivity index (χ0v) is 12.1. The molecule has 0 unspecified atom stereocenters. The van der Waals surface area contributed by atoms with Crippen molar-refractivity contribution < 1.29 is 0 Å². The van der Waals surface area contributed by atoms with Gasteiger partial charge in [-0.25, -0.2) is 4.98 Å². The maximum absolute atomic E-state index is 6.10. The highest BCUT2D eigenvalue weighted by Gasteiger charge is 2.28. The maximum Gasteiger partial charge on any atom is 0.147 e. The van der Waals surface area contributed by atoms with Gasteiger partial charge in [-0.15, -0.1) is 0 Å². The van der Waals surface area contributed by atoms with Gasteiger partial charge >= 0.3 is 0 Å². The number of pyridine rings is 1. The fourth-order valence-corrected chi connectivity index (χ4v) is 3.55. The zero-order chi connectivity index (χ0) is 11.7. The largest absolute Gasteiger partial charge is 0.358 e. The van der Waals surface area contributed by atoms with Crippen molar-refractivity contribution in [3.8, 4) is 0 Å². The van der Waals surface area contributed by atoms with Gasteiger partial charge in [0.05, 0.1) is 10.0 Å². The van der Waals surface area contributed by atoms with Crippen LogP contribution in [0.5, 0.6) is 0 Å². The number of anilines is 1. The fraction of sp³-hybridized carbons (Fsp3) is 0.545. The van der Waals surface area contributed by atoms with Crippen molar-refractivity contribution >= 4 is 44.9 Å². The van der Waals surface area contributed by atoms with Crippen molar-refractivity contribution in [2.45, 2.75) is 17.7 Å².